The van der Waals surface area contributed by atoms with Gasteiger partial charge in [-0.3, -0.25) is 0 Å². The van der Waals surface area contributed by atoms with Crippen molar-refractivity contribution in [3.05, 3.63) is 35.5 Å². The van der Waals surface area contributed by atoms with Gasteiger partial charge in [0, 0.05) is 29.2 Å². The van der Waals surface area contributed by atoms with Crippen LogP contribution in [0.3, 0.4) is 0 Å². The van der Waals surface area contributed by atoms with E-state index in [9.17, 15) is 0 Å². The molecular weight excluding hydrogens is 260 g/mol. The molecule has 0 saturated carbocycles. The van der Waals surface area contributed by atoms with E-state index in [0.717, 1.165) is 32.2 Å². The van der Waals surface area contributed by atoms with Crippen molar-refractivity contribution < 1.29 is 5.11 Å². The number of para-hydroxylation sites is 1. The largest absolute Gasteiger partial charge is 0.396 e. The van der Waals surface area contributed by atoms with E-state index >= 15 is 0 Å². The average Bonchev–Trinajstić information content (AvgIpc) is 2.79. The fourth-order valence-corrected chi connectivity index (χ4v) is 2.97. The number of aromatic nitrogens is 1. The Kier molecular flexibility index (Phi) is 4.86. The quantitative estimate of drug-likeness (QED) is 0.754. The smallest absolute Gasteiger partial charge is 0.0476 e. The Balaban J connectivity index is 0.00000133. The highest BCUT2D eigenvalue weighted by atomic mass is 35.5. The van der Waals surface area contributed by atoms with Gasteiger partial charge in [-0.1, -0.05) is 18.2 Å². The van der Waals surface area contributed by atoms with Crippen LogP contribution < -0.4 is 5.32 Å². The number of aliphatic hydroxyl groups excluding tert-OH is 1. The van der Waals surface area contributed by atoms with Crippen LogP contribution in [-0.2, 0) is 6.42 Å². The zero-order chi connectivity index (χ0) is 12.4. The number of aliphatic hydroxyl groups is 1. The first-order chi connectivity index (χ1) is 8.90. The van der Waals surface area contributed by atoms with Crippen molar-refractivity contribution in [1.29, 1.82) is 0 Å². The zero-order valence-electron chi connectivity index (χ0n) is 11.0. The monoisotopic (exact) mass is 280 g/mol. The lowest BCUT2D eigenvalue weighted by atomic mass is 9.96. The summed E-state index contributed by atoms with van der Waals surface area (Å²) in [5, 5.41) is 13.8. The van der Waals surface area contributed by atoms with Crippen molar-refractivity contribution in [2.45, 2.75) is 31.7 Å². The van der Waals surface area contributed by atoms with E-state index < -0.39 is 0 Å². The first kappa shape index (κ1) is 14.4. The van der Waals surface area contributed by atoms with E-state index in [-0.39, 0.29) is 12.4 Å². The summed E-state index contributed by atoms with van der Waals surface area (Å²) in [4.78, 5) is 3.57. The molecule has 19 heavy (non-hydrogen) atoms. The molecule has 3 N–H and O–H groups in total. The molecule has 1 aliphatic heterocycles. The number of benzene rings is 1. The Labute approximate surface area is 119 Å². The first-order valence-electron chi connectivity index (χ1n) is 6.84. The highest BCUT2D eigenvalue weighted by molar-refractivity contribution is 5.85. The molecule has 1 unspecified atom stereocenters. The van der Waals surface area contributed by atoms with Crippen LogP contribution in [0.1, 0.15) is 36.6 Å². The maximum absolute atomic E-state index is 8.88. The summed E-state index contributed by atoms with van der Waals surface area (Å²) in [5.41, 5.74) is 4.09. The predicted molar refractivity (Wildman–Crippen MR) is 80.9 cm³/mol. The number of rotatable bonds is 4. The van der Waals surface area contributed by atoms with Gasteiger partial charge in [0.15, 0.2) is 0 Å². The van der Waals surface area contributed by atoms with Crippen LogP contribution in [0.4, 0.5) is 0 Å². The Hall–Kier alpha value is -1.03. The zero-order valence-corrected chi connectivity index (χ0v) is 11.8. The van der Waals surface area contributed by atoms with Crippen molar-refractivity contribution in [2.24, 2.45) is 0 Å². The molecule has 1 aromatic heterocycles. The first-order valence-corrected chi connectivity index (χ1v) is 6.84. The molecule has 2 aromatic rings. The Bertz CT molecular complexity index is 538. The molecule has 0 fully saturated rings. The molecule has 0 amide bonds. The maximum atomic E-state index is 8.88. The van der Waals surface area contributed by atoms with Crippen LogP contribution in [0.25, 0.3) is 10.9 Å². The third kappa shape index (κ3) is 2.78. The van der Waals surface area contributed by atoms with Crippen molar-refractivity contribution >= 4 is 23.3 Å². The molecule has 1 atom stereocenters. The van der Waals surface area contributed by atoms with Gasteiger partial charge in [0.05, 0.1) is 0 Å². The topological polar surface area (TPSA) is 48.0 Å². The number of hydrogen-bond acceptors (Lipinski definition) is 2. The molecule has 104 valence electrons. The third-order valence-corrected chi connectivity index (χ3v) is 3.86. The van der Waals surface area contributed by atoms with Crippen molar-refractivity contribution in [3.63, 3.8) is 0 Å². The van der Waals surface area contributed by atoms with Crippen LogP contribution in [0.15, 0.2) is 24.3 Å². The predicted octanol–water partition coefficient (Wildman–Crippen LogP) is 2.94. The molecule has 0 aliphatic carbocycles. The molecule has 1 aliphatic rings. The maximum Gasteiger partial charge on any atom is 0.0476 e. The highest BCUT2D eigenvalue weighted by Gasteiger charge is 2.22. The van der Waals surface area contributed by atoms with Gasteiger partial charge in [-0.05, 0) is 43.9 Å². The third-order valence-electron chi connectivity index (χ3n) is 3.86. The van der Waals surface area contributed by atoms with Gasteiger partial charge in [-0.15, -0.1) is 12.4 Å². The number of aromatic amines is 1. The lowest BCUT2D eigenvalue weighted by Crippen LogP contribution is -2.29. The Morgan fingerprint density at radius 1 is 1.21 bits per heavy atom. The summed E-state index contributed by atoms with van der Waals surface area (Å²) in [6.07, 6.45) is 4.17. The minimum atomic E-state index is 0. The summed E-state index contributed by atoms with van der Waals surface area (Å²) in [7, 11) is 0. The van der Waals surface area contributed by atoms with E-state index in [2.05, 4.69) is 34.6 Å². The average molecular weight is 281 g/mol. The molecule has 0 bridgehead atoms. The molecule has 0 spiro atoms. The molecule has 3 nitrogen and oxygen atoms in total. The minimum absolute atomic E-state index is 0. The van der Waals surface area contributed by atoms with Gasteiger partial charge < -0.3 is 15.4 Å². The molecule has 3 rings (SSSR count). The van der Waals surface area contributed by atoms with Crippen molar-refractivity contribution in [2.75, 3.05) is 13.2 Å². The molecule has 2 heterocycles. The van der Waals surface area contributed by atoms with Gasteiger partial charge in [-0.25, -0.2) is 0 Å². The summed E-state index contributed by atoms with van der Waals surface area (Å²) < 4.78 is 0. The van der Waals surface area contributed by atoms with Crippen LogP contribution in [0.2, 0.25) is 0 Å². The van der Waals surface area contributed by atoms with Gasteiger partial charge in [-0.2, -0.15) is 0 Å². The fraction of sp³-hybridized carbons (Fsp3) is 0.467. The van der Waals surface area contributed by atoms with Gasteiger partial charge in [0.25, 0.3) is 0 Å². The van der Waals surface area contributed by atoms with Crippen molar-refractivity contribution in [3.8, 4) is 0 Å². The van der Waals surface area contributed by atoms with Crippen LogP contribution in [0.5, 0.6) is 0 Å². The van der Waals surface area contributed by atoms with Crippen LogP contribution in [0, 0.1) is 0 Å². The lowest BCUT2D eigenvalue weighted by Gasteiger charge is -2.24. The lowest BCUT2D eigenvalue weighted by molar-refractivity contribution is 0.278. The molecule has 4 heteroatoms. The summed E-state index contributed by atoms with van der Waals surface area (Å²) >= 11 is 0. The van der Waals surface area contributed by atoms with Gasteiger partial charge in [0.1, 0.15) is 0 Å². The number of fused-ring (bicyclic) bond motifs is 3. The molecule has 0 radical (unpaired) electrons. The van der Waals surface area contributed by atoms with E-state index in [4.69, 9.17) is 5.11 Å². The van der Waals surface area contributed by atoms with E-state index in [1.807, 2.05) is 0 Å². The van der Waals surface area contributed by atoms with Gasteiger partial charge >= 0.3 is 0 Å². The molecule has 1 aromatic carbocycles. The summed E-state index contributed by atoms with van der Waals surface area (Å²) in [5.74, 6) is 0. The normalized spacial score (nSPS) is 18.1. The van der Waals surface area contributed by atoms with E-state index in [1.165, 1.54) is 22.2 Å². The number of H-pyrrole nitrogens is 1. The van der Waals surface area contributed by atoms with E-state index in [1.54, 1.807) is 0 Å². The highest BCUT2D eigenvalue weighted by Crippen LogP contribution is 2.32. The number of halogens is 1. The SMILES string of the molecule is Cl.OCCCCC1NCCc2c1[nH]c1ccccc21. The van der Waals surface area contributed by atoms with Crippen LogP contribution >= 0.6 is 12.4 Å². The summed E-state index contributed by atoms with van der Waals surface area (Å²) in [6, 6.07) is 8.98. The summed E-state index contributed by atoms with van der Waals surface area (Å²) in [6.45, 7) is 1.35. The Morgan fingerprint density at radius 3 is 2.89 bits per heavy atom. The molecule has 0 saturated heterocycles. The minimum Gasteiger partial charge on any atom is -0.396 e. The second-order valence-corrected chi connectivity index (χ2v) is 5.04. The van der Waals surface area contributed by atoms with Gasteiger partial charge in [0.2, 0.25) is 0 Å². The Morgan fingerprint density at radius 2 is 2.05 bits per heavy atom. The number of hydrogen-bond donors (Lipinski definition) is 3. The van der Waals surface area contributed by atoms with Crippen molar-refractivity contribution in [1.82, 2.24) is 10.3 Å². The number of unbranched alkanes of at least 4 members (excludes halogenated alkanes) is 1. The second-order valence-electron chi connectivity index (χ2n) is 5.04. The van der Waals surface area contributed by atoms with Crippen LogP contribution in [-0.4, -0.2) is 23.2 Å². The van der Waals surface area contributed by atoms with E-state index in [0.29, 0.717) is 12.6 Å². The fourth-order valence-electron chi connectivity index (χ4n) is 2.97. The second kappa shape index (κ2) is 6.42. The number of nitrogens with one attached hydrogen (secondary N) is 2. The molecular formula is C15H21ClN2O. The standard InChI is InChI=1S/C15H20N2O.ClH/c18-10-4-3-7-14-15-12(8-9-16-14)11-5-1-2-6-13(11)17-15;/h1-2,5-6,14,16-18H,3-4,7-10H2;1H.